The number of aryl methyl sites for hydroxylation is 1. The first kappa shape index (κ1) is 74.6. The van der Waals surface area contributed by atoms with E-state index in [0.717, 1.165) is 75.8 Å². The van der Waals surface area contributed by atoms with Crippen LogP contribution >= 0.6 is 0 Å². The Morgan fingerprint density at radius 1 is 0.543 bits per heavy atom. The monoisotopic (exact) mass is 1430 g/mol. The van der Waals surface area contributed by atoms with Gasteiger partial charge in [-0.05, 0) is 118 Å². The summed E-state index contributed by atoms with van der Waals surface area (Å²) in [6.07, 6.45) is 2.00. The summed E-state index contributed by atoms with van der Waals surface area (Å²) >= 11 is 0. The van der Waals surface area contributed by atoms with Gasteiger partial charge < -0.3 is 59.2 Å². The Balaban J connectivity index is 0.714. The molecule has 3 fully saturated rings. The predicted octanol–water partition coefficient (Wildman–Crippen LogP) is 11.5. The maximum Gasteiger partial charge on any atom is 0.407 e. The van der Waals surface area contributed by atoms with E-state index in [2.05, 4.69) is 33.2 Å². The number of rotatable bonds is 27. The Hall–Kier alpha value is -10.2. The lowest BCUT2D eigenvalue weighted by atomic mass is 9.98. The molecular formula is C82H96N8O15. The van der Waals surface area contributed by atoms with Gasteiger partial charge in [-0.25, -0.2) is 24.0 Å². The van der Waals surface area contributed by atoms with Gasteiger partial charge in [0.25, 0.3) is 0 Å². The molecule has 4 N–H and O–H groups in total. The Labute approximate surface area is 611 Å². The molecule has 0 spiro atoms. The van der Waals surface area contributed by atoms with Crippen LogP contribution in [0.15, 0.2) is 143 Å². The Morgan fingerprint density at radius 2 is 1.00 bits per heavy atom. The molecule has 0 bridgehead atoms. The van der Waals surface area contributed by atoms with E-state index in [1.165, 1.54) is 19.9 Å². The molecule has 2 aliphatic carbocycles. The zero-order chi connectivity index (χ0) is 74.3. The number of unbranched alkanes of at least 4 members (excludes halogenated alkanes) is 2. The third-order valence-electron chi connectivity index (χ3n) is 21.1. The zero-order valence-electron chi connectivity index (χ0n) is 61.2. The van der Waals surface area contributed by atoms with Gasteiger partial charge in [-0.15, -0.1) is 0 Å². The van der Waals surface area contributed by atoms with Gasteiger partial charge in [-0.3, -0.25) is 23.7 Å². The number of fused-ring (bicyclic) bond motifs is 7. The van der Waals surface area contributed by atoms with Crippen molar-refractivity contribution in [1.82, 2.24) is 40.6 Å². The fourth-order valence-corrected chi connectivity index (χ4v) is 15.3. The van der Waals surface area contributed by atoms with Crippen molar-refractivity contribution in [3.8, 4) is 33.6 Å². The number of carbonyl (C=O) groups excluding carboxylic acids is 8. The van der Waals surface area contributed by atoms with Gasteiger partial charge in [0.2, 0.25) is 29.3 Å². The van der Waals surface area contributed by atoms with Crippen LogP contribution in [0.2, 0.25) is 0 Å². The molecule has 7 aromatic rings. The van der Waals surface area contributed by atoms with E-state index in [-0.39, 0.29) is 63.1 Å². The van der Waals surface area contributed by atoms with Crippen molar-refractivity contribution < 1.29 is 66.5 Å². The number of furan rings is 1. The maximum atomic E-state index is 14.8. The fraction of sp³-hybridized carbons (Fsp3) is 0.463. The van der Waals surface area contributed by atoms with Crippen molar-refractivity contribution in [2.75, 3.05) is 32.9 Å². The third kappa shape index (κ3) is 16.4. The van der Waals surface area contributed by atoms with E-state index >= 15 is 0 Å². The van der Waals surface area contributed by atoms with Gasteiger partial charge in [-0.2, -0.15) is 4.98 Å². The molecule has 5 heterocycles. The first-order chi connectivity index (χ1) is 50.6. The number of alkyl carbamates (subject to hydrolysis) is 2. The van der Waals surface area contributed by atoms with Gasteiger partial charge >= 0.3 is 29.8 Å². The van der Waals surface area contributed by atoms with Crippen molar-refractivity contribution in [3.05, 3.63) is 172 Å². The smallest absolute Gasteiger partial charge is 0.407 e. The Morgan fingerprint density at radius 3 is 1.46 bits per heavy atom. The van der Waals surface area contributed by atoms with Crippen LogP contribution in [0.25, 0.3) is 44.7 Å². The molecular weight excluding hydrogens is 1340 g/mol. The molecule has 105 heavy (non-hydrogen) atoms. The van der Waals surface area contributed by atoms with E-state index in [4.69, 9.17) is 28.1 Å². The Kier molecular flexibility index (Phi) is 23.3. The Bertz CT molecular complexity index is 4320. The van der Waals surface area contributed by atoms with E-state index in [1.807, 2.05) is 121 Å². The van der Waals surface area contributed by atoms with Crippen LogP contribution in [0.1, 0.15) is 160 Å². The summed E-state index contributed by atoms with van der Waals surface area (Å²) in [4.78, 5) is 136. The number of nitrogens with zero attached hydrogens (tertiary/aromatic N) is 4. The summed E-state index contributed by atoms with van der Waals surface area (Å²) in [5.41, 5.74) is 9.75. The minimum Gasteiger partial charge on any atom is -0.461 e. The summed E-state index contributed by atoms with van der Waals surface area (Å²) in [6, 6.07) is 35.0. The van der Waals surface area contributed by atoms with Crippen molar-refractivity contribution in [3.63, 3.8) is 0 Å². The van der Waals surface area contributed by atoms with E-state index < -0.39 is 138 Å². The molecule has 2 aromatic heterocycles. The number of nitrogens with one attached hydrogen (secondary N) is 4. The average molecular weight is 1430 g/mol. The molecule has 6 amide bonds. The van der Waals surface area contributed by atoms with Crippen LogP contribution in [0.5, 0.6) is 0 Å². The number of hydrogen-bond donors (Lipinski definition) is 4. The first-order valence-electron chi connectivity index (χ1n) is 37.2. The van der Waals surface area contributed by atoms with Crippen LogP contribution in [-0.2, 0) is 58.9 Å². The summed E-state index contributed by atoms with van der Waals surface area (Å²) in [5, 5.41) is 11.8. The second-order valence-corrected chi connectivity index (χ2v) is 29.6. The molecule has 12 rings (SSSR count). The van der Waals surface area contributed by atoms with Crippen LogP contribution in [0, 0.1) is 23.7 Å². The topological polar surface area (TPSA) is 285 Å². The van der Waals surface area contributed by atoms with E-state index in [9.17, 15) is 43.2 Å². The number of hydrogen-bond acceptors (Lipinski definition) is 16. The highest BCUT2D eigenvalue weighted by molar-refractivity contribution is 5.95. The first-order valence-corrected chi connectivity index (χ1v) is 37.2. The lowest BCUT2D eigenvalue weighted by Crippen LogP contribution is -2.57. The van der Waals surface area contributed by atoms with Crippen LogP contribution < -0.4 is 27.0 Å². The highest BCUT2D eigenvalue weighted by Crippen LogP contribution is 2.46. The van der Waals surface area contributed by atoms with Gasteiger partial charge in [0, 0.05) is 43.1 Å². The highest BCUT2D eigenvalue weighted by Gasteiger charge is 2.46. The molecule has 3 saturated heterocycles. The van der Waals surface area contributed by atoms with Crippen molar-refractivity contribution in [2.45, 2.75) is 187 Å². The summed E-state index contributed by atoms with van der Waals surface area (Å²) < 4.78 is 37.9. The normalized spacial score (nSPS) is 19.4. The fourth-order valence-electron chi connectivity index (χ4n) is 15.3. The summed E-state index contributed by atoms with van der Waals surface area (Å²) in [5.74, 6) is -5.78. The van der Waals surface area contributed by atoms with Crippen LogP contribution in [-0.4, -0.2) is 148 Å². The maximum absolute atomic E-state index is 14.8. The number of aromatic nitrogens is 2. The SMILES string of the molecule is CCCCCc1ccc(-c2cc3cn([C@H]4C[C@H](OC(=O)[C@@H](NC(=O)[C@@H]5CCCN5C(=O)[C@@H](NC(=O)OCC5c6ccccc6-c6ccccc65)C(C)C)C(C)C)[C@@H](COC(=O)[C@@H](NC(=O)[C@@H]5CCCN5C(=O)[C@@H](NC(=O)OCC5c6ccccc6-c6ccccc65)C(C)C)C(C)C)O4)c(=O)nc3o2)cc1. The number of amides is 6. The number of carbonyl (C=O) groups is 8. The largest absolute Gasteiger partial charge is 0.461 e. The summed E-state index contributed by atoms with van der Waals surface area (Å²) in [7, 11) is 0. The van der Waals surface area contributed by atoms with E-state index in [0.29, 0.717) is 24.0 Å². The zero-order valence-corrected chi connectivity index (χ0v) is 61.2. The molecule has 3 aliphatic heterocycles. The van der Waals surface area contributed by atoms with Gasteiger partial charge in [0.15, 0.2) is 0 Å². The lowest BCUT2D eigenvalue weighted by molar-refractivity contribution is -0.163. The van der Waals surface area contributed by atoms with Crippen LogP contribution in [0.4, 0.5) is 9.59 Å². The third-order valence-corrected chi connectivity index (χ3v) is 21.1. The standard InChI is InChI=1S/C82H96N8O15/c1-10-11-12-23-50-34-36-51(37-35-50)65-40-52-42-90(80(97)87-75(52)104-65)68-41-66(105-79(96)72(49(8)9)84-74(92)64-33-22-39-89(64)77(94)70(47(4)5)86-82(99)102-44-62-59-30-19-15-26-55(59)56-27-16-20-31-60(56)62)67(103-68)45-100-78(95)71(48(6)7)83-73(91)63-32-21-38-88(63)76(93)69(46(2)3)85-81(98)101-43-61-57-28-17-13-24-53(57)54-25-14-18-29-58(54)61/h13-20,24-31,34-37,40,42,46-49,61-64,66-72H,10-12,21-23,32-33,38-39,41,43-45H2,1-9H3,(H,83,91)(H,84,92)(H,85,98)(H,86,99)/t63-,64-,66-,67+,68+,69-,70-,71-,72-/m0/s1. The molecule has 9 atom stereocenters. The minimum absolute atomic E-state index is 0.0343. The van der Waals surface area contributed by atoms with Gasteiger partial charge in [0.1, 0.15) is 80.3 Å². The average Bonchev–Trinajstić information content (AvgIpc) is 1.60. The quantitative estimate of drug-likeness (QED) is 0.0211. The van der Waals surface area contributed by atoms with Crippen molar-refractivity contribution in [2.24, 2.45) is 23.7 Å². The second-order valence-electron chi connectivity index (χ2n) is 29.6. The van der Waals surface area contributed by atoms with Gasteiger partial charge in [-0.1, -0.05) is 196 Å². The highest BCUT2D eigenvalue weighted by atomic mass is 16.6. The number of ether oxygens (including phenoxy) is 5. The number of benzene rings is 5. The molecule has 0 radical (unpaired) electrons. The molecule has 554 valence electrons. The molecule has 23 nitrogen and oxygen atoms in total. The number of esters is 2. The van der Waals surface area contributed by atoms with E-state index in [1.54, 1.807) is 67.7 Å². The summed E-state index contributed by atoms with van der Waals surface area (Å²) in [6.45, 7) is 16.2. The second kappa shape index (κ2) is 32.9. The van der Waals surface area contributed by atoms with Gasteiger partial charge in [0.05, 0.1) is 5.39 Å². The lowest BCUT2D eigenvalue weighted by Gasteiger charge is -2.32. The number of likely N-dealkylation sites (tertiary alicyclic amines) is 2. The molecule has 23 heteroatoms. The molecule has 0 unspecified atom stereocenters. The molecule has 5 aliphatic rings. The molecule has 5 aromatic carbocycles. The predicted molar refractivity (Wildman–Crippen MR) is 393 cm³/mol. The van der Waals surface area contributed by atoms with Crippen LogP contribution in [0.3, 0.4) is 0 Å². The van der Waals surface area contributed by atoms with Crippen molar-refractivity contribution in [1.29, 1.82) is 0 Å². The molecule has 0 saturated carbocycles. The minimum atomic E-state index is -1.28. The van der Waals surface area contributed by atoms with Crippen molar-refractivity contribution >= 4 is 58.9 Å².